The van der Waals surface area contributed by atoms with Crippen molar-refractivity contribution >= 4 is 11.5 Å². The van der Waals surface area contributed by atoms with E-state index in [0.29, 0.717) is 17.7 Å². The lowest BCUT2D eigenvalue weighted by atomic mass is 9.89. The monoisotopic (exact) mass is 534 g/mol. The summed E-state index contributed by atoms with van der Waals surface area (Å²) in [5, 5.41) is 3.27. The Morgan fingerprint density at radius 1 is 1.00 bits per heavy atom. The fraction of sp³-hybridized carbons (Fsp3) is 0.200. The summed E-state index contributed by atoms with van der Waals surface area (Å²) in [4.78, 5) is 16.6. The molecule has 6 nitrogen and oxygen atoms in total. The third-order valence-corrected chi connectivity index (χ3v) is 6.42. The van der Waals surface area contributed by atoms with Gasteiger partial charge in [-0.05, 0) is 83.3 Å². The molecular weight excluding hydrogens is 509 g/mol. The highest BCUT2D eigenvalue weighted by Gasteiger charge is 2.34. The number of ether oxygens (including phenoxy) is 2. The Bertz CT molecular complexity index is 1470. The van der Waals surface area contributed by atoms with E-state index in [-0.39, 0.29) is 19.0 Å². The predicted octanol–water partition coefficient (Wildman–Crippen LogP) is 6.67. The predicted molar refractivity (Wildman–Crippen MR) is 139 cm³/mol. The number of rotatable bonds is 8. The van der Waals surface area contributed by atoms with Crippen molar-refractivity contribution in [2.75, 3.05) is 13.1 Å². The van der Waals surface area contributed by atoms with Crippen molar-refractivity contribution in [3.05, 3.63) is 113 Å². The van der Waals surface area contributed by atoms with Crippen molar-refractivity contribution in [2.45, 2.75) is 25.8 Å². The maximum absolute atomic E-state index is 13.6. The van der Waals surface area contributed by atoms with Crippen molar-refractivity contribution in [1.82, 2.24) is 10.3 Å². The highest BCUT2D eigenvalue weighted by atomic mass is 19.4. The number of carbonyl (C=O) groups is 1. The van der Waals surface area contributed by atoms with Crippen LogP contribution in [0.5, 0.6) is 5.75 Å². The highest BCUT2D eigenvalue weighted by molar-refractivity contribution is 5.89. The van der Waals surface area contributed by atoms with Gasteiger partial charge in [0.05, 0.1) is 23.7 Å². The lowest BCUT2D eigenvalue weighted by Crippen LogP contribution is -2.20. The van der Waals surface area contributed by atoms with Crippen LogP contribution in [0, 0.1) is 0 Å². The van der Waals surface area contributed by atoms with Crippen LogP contribution in [0.1, 0.15) is 39.0 Å². The van der Waals surface area contributed by atoms with Gasteiger partial charge in [0, 0.05) is 24.5 Å². The molecule has 9 heteroatoms. The molecule has 0 saturated heterocycles. The minimum absolute atomic E-state index is 0.0156. The Balaban J connectivity index is 1.52. The van der Waals surface area contributed by atoms with E-state index in [0.717, 1.165) is 46.9 Å². The van der Waals surface area contributed by atoms with Gasteiger partial charge >= 0.3 is 12.1 Å². The molecule has 0 fully saturated rings. The number of benzene rings is 2. The smallest absolute Gasteiger partial charge is 0.419 e. The van der Waals surface area contributed by atoms with E-state index in [1.807, 2.05) is 12.1 Å². The normalized spacial score (nSPS) is 13.6. The van der Waals surface area contributed by atoms with Crippen molar-refractivity contribution in [3.63, 3.8) is 0 Å². The van der Waals surface area contributed by atoms with Crippen molar-refractivity contribution < 1.29 is 31.9 Å². The molecule has 39 heavy (non-hydrogen) atoms. The van der Waals surface area contributed by atoms with Gasteiger partial charge in [-0.3, -0.25) is 4.98 Å². The number of furan rings is 1. The number of para-hydroxylation sites is 1. The molecule has 4 aromatic rings. The Labute approximate surface area is 223 Å². The summed E-state index contributed by atoms with van der Waals surface area (Å²) in [5.41, 5.74) is 4.33. The van der Waals surface area contributed by atoms with E-state index < -0.39 is 17.7 Å². The van der Waals surface area contributed by atoms with E-state index in [4.69, 9.17) is 13.9 Å². The van der Waals surface area contributed by atoms with Crippen LogP contribution >= 0.6 is 0 Å². The quantitative estimate of drug-likeness (QED) is 0.255. The van der Waals surface area contributed by atoms with Gasteiger partial charge in [0.25, 0.3) is 0 Å². The topological polar surface area (TPSA) is 73.6 Å². The van der Waals surface area contributed by atoms with Crippen LogP contribution in [-0.4, -0.2) is 24.0 Å². The fourth-order valence-electron chi connectivity index (χ4n) is 4.48. The molecule has 0 saturated carbocycles. The van der Waals surface area contributed by atoms with Crippen molar-refractivity contribution in [1.29, 1.82) is 0 Å². The zero-order valence-electron chi connectivity index (χ0n) is 20.8. The largest absolute Gasteiger partial charge is 0.488 e. The van der Waals surface area contributed by atoms with E-state index in [2.05, 4.69) is 16.4 Å². The number of nitrogens with zero attached hydrogens (tertiary/aromatic N) is 1. The average Bonchev–Trinajstić information content (AvgIpc) is 3.50. The van der Waals surface area contributed by atoms with E-state index in [1.165, 1.54) is 36.9 Å². The summed E-state index contributed by atoms with van der Waals surface area (Å²) >= 11 is 0. The van der Waals surface area contributed by atoms with Crippen LogP contribution in [0.2, 0.25) is 0 Å². The van der Waals surface area contributed by atoms with Crippen LogP contribution in [-0.2, 0) is 24.1 Å². The second-order valence-corrected chi connectivity index (χ2v) is 8.96. The zero-order valence-corrected chi connectivity index (χ0v) is 20.8. The summed E-state index contributed by atoms with van der Waals surface area (Å²) in [6.45, 7) is 1.33. The number of hydrogen-bond donors (Lipinski definition) is 1. The summed E-state index contributed by atoms with van der Waals surface area (Å²) in [5.74, 6) is -0.732. The molecule has 2 aromatic heterocycles. The molecule has 1 aliphatic heterocycles. The Morgan fingerprint density at radius 3 is 2.49 bits per heavy atom. The average molecular weight is 535 g/mol. The van der Waals surface area contributed by atoms with Crippen LogP contribution in [0.3, 0.4) is 0 Å². The molecule has 1 N–H and O–H groups in total. The second-order valence-electron chi connectivity index (χ2n) is 8.96. The van der Waals surface area contributed by atoms with Crippen LogP contribution in [0.15, 0.2) is 90.0 Å². The minimum Gasteiger partial charge on any atom is -0.488 e. The molecule has 0 aliphatic carbocycles. The summed E-state index contributed by atoms with van der Waals surface area (Å²) in [6.07, 6.45) is 4.37. The van der Waals surface area contributed by atoms with E-state index in [9.17, 15) is 18.0 Å². The third kappa shape index (κ3) is 6.21. The first-order chi connectivity index (χ1) is 18.9. The number of aromatic nitrogens is 1. The van der Waals surface area contributed by atoms with Gasteiger partial charge in [0.15, 0.2) is 0 Å². The van der Waals surface area contributed by atoms with Gasteiger partial charge in [0.1, 0.15) is 19.0 Å². The van der Waals surface area contributed by atoms with Crippen LogP contribution in [0.4, 0.5) is 13.2 Å². The molecule has 0 radical (unpaired) electrons. The molecule has 5 rings (SSSR count). The molecule has 0 spiro atoms. The molecular formula is C30H25F3N2O4. The Morgan fingerprint density at radius 2 is 1.77 bits per heavy atom. The van der Waals surface area contributed by atoms with E-state index in [1.54, 1.807) is 24.5 Å². The maximum Gasteiger partial charge on any atom is 0.419 e. The number of alkyl halides is 3. The Kier molecular flexibility index (Phi) is 7.79. The van der Waals surface area contributed by atoms with Gasteiger partial charge in [-0.25, -0.2) is 4.79 Å². The standard InChI is InChI=1S/C30H25F3N2O4/c31-30(32,33)27-3-1-2-4-28(27)38-18-23-16-26(22-9-14-37-17-22)24(15-25(23)20-5-10-34-11-6-20)19-39-29(36)21-7-12-35-13-8-21/h1-5,7-9,12-17,34H,6,10-11,18-19H2. The van der Waals surface area contributed by atoms with Crippen LogP contribution < -0.4 is 10.1 Å². The number of carbonyl (C=O) groups excluding carboxylic acids is 1. The molecule has 3 heterocycles. The van der Waals surface area contributed by atoms with E-state index >= 15 is 0 Å². The fourth-order valence-corrected chi connectivity index (χ4v) is 4.48. The first-order valence-electron chi connectivity index (χ1n) is 12.3. The van der Waals surface area contributed by atoms with Gasteiger partial charge in [-0.15, -0.1) is 0 Å². The first-order valence-corrected chi connectivity index (χ1v) is 12.3. The molecule has 0 unspecified atom stereocenters. The molecule has 200 valence electrons. The van der Waals surface area contributed by atoms with Crippen molar-refractivity contribution in [3.8, 4) is 16.9 Å². The number of hydrogen-bond acceptors (Lipinski definition) is 6. The molecule has 1 aliphatic rings. The number of nitrogens with one attached hydrogen (secondary N) is 1. The molecule has 0 amide bonds. The Hall–Kier alpha value is -4.37. The third-order valence-electron chi connectivity index (χ3n) is 6.42. The lowest BCUT2D eigenvalue weighted by Gasteiger charge is -2.22. The van der Waals surface area contributed by atoms with Gasteiger partial charge in [-0.1, -0.05) is 18.2 Å². The molecule has 2 aromatic carbocycles. The highest BCUT2D eigenvalue weighted by Crippen LogP contribution is 2.38. The maximum atomic E-state index is 13.6. The first kappa shape index (κ1) is 26.2. The summed E-state index contributed by atoms with van der Waals surface area (Å²) < 4.78 is 57.4. The zero-order chi connectivity index (χ0) is 27.2. The van der Waals surface area contributed by atoms with Gasteiger partial charge < -0.3 is 19.2 Å². The van der Waals surface area contributed by atoms with Gasteiger partial charge in [0.2, 0.25) is 0 Å². The summed E-state index contributed by atoms with van der Waals surface area (Å²) in [6, 6.07) is 13.9. The lowest BCUT2D eigenvalue weighted by molar-refractivity contribution is -0.139. The minimum atomic E-state index is -4.54. The molecule has 0 bridgehead atoms. The van der Waals surface area contributed by atoms with Crippen molar-refractivity contribution in [2.24, 2.45) is 0 Å². The molecule has 0 atom stereocenters. The number of esters is 1. The summed E-state index contributed by atoms with van der Waals surface area (Å²) in [7, 11) is 0. The van der Waals surface area contributed by atoms with Crippen LogP contribution in [0.25, 0.3) is 16.7 Å². The van der Waals surface area contributed by atoms with Gasteiger partial charge in [-0.2, -0.15) is 13.2 Å². The number of halogens is 3. The second kappa shape index (κ2) is 11.6. The number of pyridine rings is 1. The SMILES string of the molecule is O=C(OCc1cc(C2=CCNCC2)c(COc2ccccc2C(F)(F)F)cc1-c1ccoc1)c1ccncc1.